The number of sulfonamides is 1. The van der Waals surface area contributed by atoms with Gasteiger partial charge < -0.3 is 24.4 Å². The first-order valence-corrected chi connectivity index (χ1v) is 16.7. The zero-order valence-electron chi connectivity index (χ0n) is 24.4. The monoisotopic (exact) mass is 682 g/mol. The van der Waals surface area contributed by atoms with Crippen molar-refractivity contribution in [2.24, 2.45) is 0 Å². The second-order valence-electron chi connectivity index (χ2n) is 10.4. The Morgan fingerprint density at radius 2 is 1.60 bits per heavy atom. The molecule has 0 spiro atoms. The molecule has 0 unspecified atom stereocenters. The average Bonchev–Trinajstić information content (AvgIpc) is 3.52. The first-order valence-electron chi connectivity index (χ1n) is 14.4. The Labute approximate surface area is 271 Å². The van der Waals surface area contributed by atoms with Crippen molar-refractivity contribution in [1.29, 1.82) is 0 Å². The molecule has 0 aliphatic carbocycles. The van der Waals surface area contributed by atoms with E-state index >= 15 is 4.39 Å². The van der Waals surface area contributed by atoms with Crippen LogP contribution < -0.4 is 24.4 Å². The lowest BCUT2D eigenvalue weighted by atomic mass is 10.1. The molecule has 2 aromatic heterocycles. The fourth-order valence-corrected chi connectivity index (χ4v) is 7.36. The normalized spacial score (nSPS) is 14.6. The molecular weight excluding hydrogens is 658 g/mol. The molecule has 47 heavy (non-hydrogen) atoms. The quantitative estimate of drug-likeness (QED) is 0.206. The highest BCUT2D eigenvalue weighted by Crippen LogP contribution is 2.41. The molecular formula is C31H25F3N6O5S2. The van der Waals surface area contributed by atoms with Gasteiger partial charge in [0.1, 0.15) is 30.7 Å². The maximum atomic E-state index is 15.0. The van der Waals surface area contributed by atoms with E-state index in [-0.39, 0.29) is 5.95 Å². The van der Waals surface area contributed by atoms with E-state index < -0.39 is 38.1 Å². The van der Waals surface area contributed by atoms with Gasteiger partial charge in [-0.25, -0.2) is 36.5 Å². The largest absolute Gasteiger partial charge is 0.486 e. The van der Waals surface area contributed by atoms with Gasteiger partial charge in [0.2, 0.25) is 5.95 Å². The fourth-order valence-electron chi connectivity index (χ4n) is 5.05. The summed E-state index contributed by atoms with van der Waals surface area (Å²) >= 11 is 1.34. The molecule has 16 heteroatoms. The highest BCUT2D eigenvalue weighted by molar-refractivity contribution is 7.92. The van der Waals surface area contributed by atoms with Gasteiger partial charge in [-0.2, -0.15) is 0 Å². The Balaban J connectivity index is 1.26. The lowest BCUT2D eigenvalue weighted by Crippen LogP contribution is -2.36. The van der Waals surface area contributed by atoms with Crippen molar-refractivity contribution in [2.45, 2.75) is 4.90 Å². The van der Waals surface area contributed by atoms with Crippen LogP contribution in [0.4, 0.5) is 35.6 Å². The number of ether oxygens (including phenoxy) is 3. The minimum Gasteiger partial charge on any atom is -0.486 e. The van der Waals surface area contributed by atoms with Crippen molar-refractivity contribution in [3.05, 3.63) is 84.3 Å². The molecule has 4 heterocycles. The van der Waals surface area contributed by atoms with Crippen LogP contribution in [-0.4, -0.2) is 62.9 Å². The summed E-state index contributed by atoms with van der Waals surface area (Å²) < 4.78 is 88.4. The van der Waals surface area contributed by atoms with Crippen LogP contribution >= 0.6 is 11.3 Å². The molecule has 2 aliphatic rings. The summed E-state index contributed by atoms with van der Waals surface area (Å²) in [7, 11) is -4.84. The van der Waals surface area contributed by atoms with Crippen LogP contribution in [0.1, 0.15) is 0 Å². The van der Waals surface area contributed by atoms with E-state index in [0.29, 0.717) is 83.7 Å². The van der Waals surface area contributed by atoms with Crippen molar-refractivity contribution in [2.75, 3.05) is 54.5 Å². The number of aromatic nitrogens is 3. The molecule has 1 fully saturated rings. The Bertz CT molecular complexity index is 2050. The zero-order chi connectivity index (χ0) is 32.5. The van der Waals surface area contributed by atoms with E-state index in [9.17, 15) is 17.2 Å². The topological polar surface area (TPSA) is 128 Å². The number of benzene rings is 3. The van der Waals surface area contributed by atoms with Crippen LogP contribution in [0.25, 0.3) is 21.8 Å². The third kappa shape index (κ3) is 6.39. The van der Waals surface area contributed by atoms with E-state index in [4.69, 9.17) is 24.2 Å². The van der Waals surface area contributed by atoms with Crippen molar-refractivity contribution in [3.8, 4) is 33.3 Å². The van der Waals surface area contributed by atoms with Gasteiger partial charge >= 0.3 is 0 Å². The maximum Gasteiger partial charge on any atom is 0.267 e. The molecule has 11 nitrogen and oxygen atoms in total. The molecule has 1 saturated heterocycles. The van der Waals surface area contributed by atoms with E-state index in [1.807, 2.05) is 15.7 Å². The number of halogens is 3. The predicted octanol–water partition coefficient (Wildman–Crippen LogP) is 5.84. The Kier molecular flexibility index (Phi) is 8.30. The number of thiazole rings is 1. The second-order valence-corrected chi connectivity index (χ2v) is 13.0. The summed E-state index contributed by atoms with van der Waals surface area (Å²) in [5.74, 6) is -2.05. The zero-order valence-corrected chi connectivity index (χ0v) is 26.0. The smallest absolute Gasteiger partial charge is 0.267 e. The summed E-state index contributed by atoms with van der Waals surface area (Å²) in [5, 5.41) is 3.82. The van der Waals surface area contributed by atoms with Gasteiger partial charge in [0.15, 0.2) is 21.5 Å². The highest BCUT2D eigenvalue weighted by atomic mass is 32.2. The Hall–Kier alpha value is -4.93. The molecule has 3 aromatic carbocycles. The number of hydrogen-bond donors (Lipinski definition) is 2. The SMILES string of the molecule is O=S(=O)(Nc1cc(-c2nc(N3CCOCC3)sc2-c2ccnc(Nc3ccc4c(c3)OCCO4)n2)ccc1F)c1c(F)cccc1F. The Morgan fingerprint density at radius 3 is 2.38 bits per heavy atom. The third-order valence-electron chi connectivity index (χ3n) is 7.26. The molecule has 0 radical (unpaired) electrons. The van der Waals surface area contributed by atoms with E-state index in [1.165, 1.54) is 23.5 Å². The van der Waals surface area contributed by atoms with Gasteiger partial charge in [-0.3, -0.25) is 4.72 Å². The number of nitrogens with one attached hydrogen (secondary N) is 2. The molecule has 5 aromatic rings. The summed E-state index contributed by atoms with van der Waals surface area (Å²) in [6.07, 6.45) is 1.58. The summed E-state index contributed by atoms with van der Waals surface area (Å²) in [4.78, 5) is 15.4. The van der Waals surface area contributed by atoms with Crippen LogP contribution in [0.2, 0.25) is 0 Å². The summed E-state index contributed by atoms with van der Waals surface area (Å²) in [6.45, 7) is 3.12. The molecule has 0 amide bonds. The minimum absolute atomic E-state index is 0.283. The van der Waals surface area contributed by atoms with E-state index in [0.717, 1.165) is 24.3 Å². The van der Waals surface area contributed by atoms with Crippen LogP contribution in [0, 0.1) is 17.5 Å². The summed E-state index contributed by atoms with van der Waals surface area (Å²) in [5.41, 5.74) is 1.38. The molecule has 2 aliphatic heterocycles. The predicted molar refractivity (Wildman–Crippen MR) is 169 cm³/mol. The third-order valence-corrected chi connectivity index (χ3v) is 9.81. The van der Waals surface area contributed by atoms with Crippen LogP contribution in [0.15, 0.2) is 71.8 Å². The highest BCUT2D eigenvalue weighted by Gasteiger charge is 2.27. The Morgan fingerprint density at radius 1 is 0.830 bits per heavy atom. The van der Waals surface area contributed by atoms with Crippen molar-refractivity contribution in [3.63, 3.8) is 0 Å². The van der Waals surface area contributed by atoms with Crippen LogP contribution in [0.3, 0.4) is 0 Å². The van der Waals surface area contributed by atoms with Crippen molar-refractivity contribution < 1.29 is 35.8 Å². The molecule has 0 atom stereocenters. The van der Waals surface area contributed by atoms with Crippen molar-refractivity contribution >= 4 is 43.8 Å². The standard InChI is InChI=1S/C31H25F3N6O5S2/c32-20-6-4-18(16-24(20)39-47(41,42)29-21(33)2-1-3-22(29)34)27-28(46-31(38-27)40-10-12-43-13-11-40)23-8-9-35-30(37-23)36-19-5-7-25-26(17-19)45-15-14-44-25/h1-9,16-17,39H,10-15H2,(H,35,36,37). The van der Waals surface area contributed by atoms with Crippen molar-refractivity contribution in [1.82, 2.24) is 15.0 Å². The molecule has 2 N–H and O–H groups in total. The van der Waals surface area contributed by atoms with Gasteiger partial charge in [0, 0.05) is 36.6 Å². The lowest BCUT2D eigenvalue weighted by Gasteiger charge is -2.26. The number of anilines is 4. The van der Waals surface area contributed by atoms with Crippen LogP contribution in [0.5, 0.6) is 11.5 Å². The van der Waals surface area contributed by atoms with Crippen LogP contribution in [-0.2, 0) is 14.8 Å². The van der Waals surface area contributed by atoms with Gasteiger partial charge in [-0.1, -0.05) is 17.4 Å². The minimum atomic E-state index is -4.84. The maximum absolute atomic E-state index is 15.0. The molecule has 242 valence electrons. The number of nitrogens with zero attached hydrogens (tertiary/aromatic N) is 4. The lowest BCUT2D eigenvalue weighted by molar-refractivity contribution is 0.122. The van der Waals surface area contributed by atoms with E-state index in [1.54, 1.807) is 24.4 Å². The average molecular weight is 683 g/mol. The van der Waals surface area contributed by atoms with Gasteiger partial charge in [0.05, 0.1) is 35.2 Å². The van der Waals surface area contributed by atoms with Gasteiger partial charge in [-0.05, 0) is 48.5 Å². The number of rotatable bonds is 8. The number of hydrogen-bond acceptors (Lipinski definition) is 11. The summed E-state index contributed by atoms with van der Waals surface area (Å²) in [6, 6.07) is 13.4. The molecule has 7 rings (SSSR count). The second kappa shape index (κ2) is 12.7. The first kappa shape index (κ1) is 30.7. The van der Waals surface area contributed by atoms with E-state index in [2.05, 4.69) is 10.3 Å². The number of fused-ring (bicyclic) bond motifs is 1. The molecule has 0 bridgehead atoms. The fraction of sp³-hybridized carbons (Fsp3) is 0.194. The molecule has 0 saturated carbocycles. The van der Waals surface area contributed by atoms with Gasteiger partial charge in [-0.15, -0.1) is 0 Å². The number of morpholine rings is 1. The first-order chi connectivity index (χ1) is 22.7. The van der Waals surface area contributed by atoms with Gasteiger partial charge in [0.25, 0.3) is 10.0 Å².